The Morgan fingerprint density at radius 3 is 2.69 bits per heavy atom. The van der Waals surface area contributed by atoms with E-state index in [4.69, 9.17) is 27.9 Å². The number of nitrogens with one attached hydrogen (secondary N) is 1. The molecule has 0 radical (unpaired) electrons. The van der Waals surface area contributed by atoms with Crippen molar-refractivity contribution in [1.29, 1.82) is 0 Å². The van der Waals surface area contributed by atoms with Crippen LogP contribution in [-0.2, 0) is 13.1 Å². The van der Waals surface area contributed by atoms with Gasteiger partial charge in [0, 0.05) is 23.6 Å². The standard InChI is InChI=1S/C21H21Cl2N5O/c22-15-6-9-17-14(10-15)11-24-12-19-26-27-21(28(17)19)13-4-7-16(8-5-13)29-20-3-1-2-18(23)25-20/h1-3,6,9-10,13,16,24H,4-5,7-8,11-12H2. The Balaban J connectivity index is 1.35. The second-order valence-electron chi connectivity index (χ2n) is 7.58. The molecule has 0 amide bonds. The number of rotatable bonds is 3. The molecule has 1 N–H and O–H groups in total. The minimum absolute atomic E-state index is 0.150. The van der Waals surface area contributed by atoms with Crippen LogP contribution in [0, 0.1) is 0 Å². The third kappa shape index (κ3) is 3.84. The quantitative estimate of drug-likeness (QED) is 0.612. The third-order valence-electron chi connectivity index (χ3n) is 5.65. The normalized spacial score (nSPS) is 21.2. The van der Waals surface area contributed by atoms with E-state index in [9.17, 15) is 0 Å². The zero-order valence-corrected chi connectivity index (χ0v) is 17.3. The third-order valence-corrected chi connectivity index (χ3v) is 6.10. The van der Waals surface area contributed by atoms with E-state index in [1.165, 1.54) is 5.56 Å². The molecular weight excluding hydrogens is 409 g/mol. The predicted molar refractivity (Wildman–Crippen MR) is 112 cm³/mol. The first-order valence-corrected chi connectivity index (χ1v) is 10.7. The van der Waals surface area contributed by atoms with Gasteiger partial charge in [0.15, 0.2) is 5.82 Å². The van der Waals surface area contributed by atoms with Gasteiger partial charge in [0.05, 0.1) is 12.2 Å². The topological polar surface area (TPSA) is 64.9 Å². The molecule has 0 spiro atoms. The number of halogens is 2. The summed E-state index contributed by atoms with van der Waals surface area (Å²) in [6.07, 6.45) is 4.05. The summed E-state index contributed by atoms with van der Waals surface area (Å²) in [6.45, 7) is 1.46. The molecule has 0 unspecified atom stereocenters. The lowest BCUT2D eigenvalue weighted by Crippen LogP contribution is -2.25. The van der Waals surface area contributed by atoms with Crippen molar-refractivity contribution in [2.75, 3.05) is 0 Å². The van der Waals surface area contributed by atoms with Crippen molar-refractivity contribution in [2.24, 2.45) is 0 Å². The lowest BCUT2D eigenvalue weighted by molar-refractivity contribution is 0.139. The molecule has 29 heavy (non-hydrogen) atoms. The van der Waals surface area contributed by atoms with Crippen LogP contribution >= 0.6 is 23.2 Å². The number of hydrogen-bond donors (Lipinski definition) is 1. The lowest BCUT2D eigenvalue weighted by atomic mass is 9.86. The van der Waals surface area contributed by atoms with Gasteiger partial charge in [-0.2, -0.15) is 0 Å². The Kier molecular flexibility index (Phi) is 5.16. The maximum absolute atomic E-state index is 6.22. The van der Waals surface area contributed by atoms with Crippen molar-refractivity contribution in [1.82, 2.24) is 25.1 Å². The van der Waals surface area contributed by atoms with Crippen LogP contribution in [0.3, 0.4) is 0 Å². The molecule has 1 saturated carbocycles. The fraction of sp³-hybridized carbons (Fsp3) is 0.381. The first-order valence-electron chi connectivity index (χ1n) is 9.90. The SMILES string of the molecule is Clc1ccc2c(c1)CNCc1nnc(C3CCC(Oc4cccc(Cl)n4)CC3)n1-2. The van der Waals surface area contributed by atoms with Crippen molar-refractivity contribution in [2.45, 2.75) is 50.8 Å². The molecule has 1 aliphatic heterocycles. The maximum atomic E-state index is 6.22. The molecule has 1 aliphatic carbocycles. The molecule has 3 heterocycles. The summed E-state index contributed by atoms with van der Waals surface area (Å²) in [7, 11) is 0. The van der Waals surface area contributed by atoms with Crippen LogP contribution in [0.2, 0.25) is 10.2 Å². The summed E-state index contributed by atoms with van der Waals surface area (Å²) < 4.78 is 8.26. The summed E-state index contributed by atoms with van der Waals surface area (Å²) in [5, 5.41) is 13.7. The van der Waals surface area contributed by atoms with Gasteiger partial charge in [-0.15, -0.1) is 10.2 Å². The largest absolute Gasteiger partial charge is 0.474 e. The Labute approximate surface area is 179 Å². The summed E-state index contributed by atoms with van der Waals surface area (Å²) in [6, 6.07) is 11.5. The number of fused-ring (bicyclic) bond motifs is 3. The summed E-state index contributed by atoms with van der Waals surface area (Å²) in [5.74, 6) is 2.92. The van der Waals surface area contributed by atoms with E-state index >= 15 is 0 Å². The molecule has 3 aromatic rings. The highest BCUT2D eigenvalue weighted by atomic mass is 35.5. The molecule has 5 rings (SSSR count). The van der Waals surface area contributed by atoms with E-state index < -0.39 is 0 Å². The van der Waals surface area contributed by atoms with Gasteiger partial charge < -0.3 is 10.1 Å². The van der Waals surface area contributed by atoms with Gasteiger partial charge >= 0.3 is 0 Å². The van der Waals surface area contributed by atoms with Crippen molar-refractivity contribution >= 4 is 23.2 Å². The van der Waals surface area contributed by atoms with Crippen LogP contribution in [0.15, 0.2) is 36.4 Å². The number of benzene rings is 1. The minimum Gasteiger partial charge on any atom is -0.474 e. The summed E-state index contributed by atoms with van der Waals surface area (Å²) in [4.78, 5) is 4.24. The molecule has 0 atom stereocenters. The van der Waals surface area contributed by atoms with Crippen LogP contribution < -0.4 is 10.1 Å². The van der Waals surface area contributed by atoms with E-state index in [0.717, 1.165) is 54.6 Å². The number of hydrogen-bond acceptors (Lipinski definition) is 5. The van der Waals surface area contributed by atoms with E-state index in [-0.39, 0.29) is 6.10 Å². The zero-order valence-electron chi connectivity index (χ0n) is 15.8. The molecule has 0 saturated heterocycles. The first kappa shape index (κ1) is 18.9. The second kappa shape index (κ2) is 7.94. The van der Waals surface area contributed by atoms with Crippen molar-refractivity contribution in [3.63, 3.8) is 0 Å². The fourth-order valence-corrected chi connectivity index (χ4v) is 4.61. The number of ether oxygens (including phenoxy) is 1. The van der Waals surface area contributed by atoms with Crippen LogP contribution in [0.4, 0.5) is 0 Å². The van der Waals surface area contributed by atoms with E-state index in [2.05, 4.69) is 31.1 Å². The average molecular weight is 430 g/mol. The van der Waals surface area contributed by atoms with Crippen LogP contribution in [0.1, 0.15) is 48.8 Å². The van der Waals surface area contributed by atoms with Gasteiger partial charge in [0.25, 0.3) is 0 Å². The van der Waals surface area contributed by atoms with Crippen LogP contribution in [0.25, 0.3) is 5.69 Å². The molecule has 2 aromatic heterocycles. The van der Waals surface area contributed by atoms with Crippen LogP contribution in [0.5, 0.6) is 5.88 Å². The minimum atomic E-state index is 0.150. The molecular formula is C21H21Cl2N5O. The molecule has 2 aliphatic rings. The van der Waals surface area contributed by atoms with Crippen LogP contribution in [-0.4, -0.2) is 25.9 Å². The van der Waals surface area contributed by atoms with Gasteiger partial charge in [-0.25, -0.2) is 4.98 Å². The molecule has 150 valence electrons. The average Bonchev–Trinajstić information content (AvgIpc) is 3.04. The first-order chi connectivity index (χ1) is 14.2. The van der Waals surface area contributed by atoms with Gasteiger partial charge in [-0.05, 0) is 55.5 Å². The highest BCUT2D eigenvalue weighted by molar-refractivity contribution is 6.30. The summed E-state index contributed by atoms with van der Waals surface area (Å²) in [5.41, 5.74) is 2.29. The van der Waals surface area contributed by atoms with E-state index in [1.54, 1.807) is 6.07 Å². The Bertz CT molecular complexity index is 1030. The second-order valence-corrected chi connectivity index (χ2v) is 8.40. The highest BCUT2D eigenvalue weighted by Gasteiger charge is 2.30. The van der Waals surface area contributed by atoms with Gasteiger partial charge in [0.1, 0.15) is 17.1 Å². The monoisotopic (exact) mass is 429 g/mol. The molecule has 8 heteroatoms. The molecule has 1 fully saturated rings. The Morgan fingerprint density at radius 1 is 1.00 bits per heavy atom. The van der Waals surface area contributed by atoms with Crippen molar-refractivity contribution < 1.29 is 4.74 Å². The number of aromatic nitrogens is 4. The maximum Gasteiger partial charge on any atom is 0.214 e. The zero-order chi connectivity index (χ0) is 19.8. The highest BCUT2D eigenvalue weighted by Crippen LogP contribution is 2.36. The Hall–Kier alpha value is -2.15. The number of pyridine rings is 1. The number of nitrogens with zero attached hydrogens (tertiary/aromatic N) is 4. The predicted octanol–water partition coefficient (Wildman–Crippen LogP) is 4.68. The molecule has 0 bridgehead atoms. The molecule has 6 nitrogen and oxygen atoms in total. The van der Waals surface area contributed by atoms with Crippen molar-refractivity contribution in [3.8, 4) is 11.6 Å². The van der Waals surface area contributed by atoms with Gasteiger partial charge in [0.2, 0.25) is 5.88 Å². The van der Waals surface area contributed by atoms with Crippen molar-refractivity contribution in [3.05, 3.63) is 63.8 Å². The fourth-order valence-electron chi connectivity index (χ4n) is 4.26. The van der Waals surface area contributed by atoms with E-state index in [0.29, 0.717) is 23.5 Å². The van der Waals surface area contributed by atoms with E-state index in [1.807, 2.05) is 24.3 Å². The Morgan fingerprint density at radius 2 is 1.86 bits per heavy atom. The molecule has 1 aromatic carbocycles. The lowest BCUT2D eigenvalue weighted by Gasteiger charge is -2.28. The van der Waals surface area contributed by atoms with Gasteiger partial charge in [-0.1, -0.05) is 29.3 Å². The smallest absolute Gasteiger partial charge is 0.214 e. The van der Waals surface area contributed by atoms with Gasteiger partial charge in [-0.3, -0.25) is 4.57 Å². The summed E-state index contributed by atoms with van der Waals surface area (Å²) >= 11 is 12.2.